The zero-order valence-corrected chi connectivity index (χ0v) is 35.3. The van der Waals surface area contributed by atoms with Crippen molar-refractivity contribution >= 4 is 55.4 Å². The van der Waals surface area contributed by atoms with Crippen molar-refractivity contribution in [2.45, 2.75) is 15.2 Å². The monoisotopic (exact) mass is 832 g/mol. The van der Waals surface area contributed by atoms with Gasteiger partial charge < -0.3 is 9.13 Å². The highest BCUT2D eigenvalue weighted by molar-refractivity contribution is 7.99. The largest absolute Gasteiger partial charge is 0.309 e. The molecule has 9 aromatic carbocycles. The van der Waals surface area contributed by atoms with Gasteiger partial charge in [0.2, 0.25) is 0 Å². The van der Waals surface area contributed by atoms with Crippen molar-refractivity contribution in [2.75, 3.05) is 0 Å². The minimum Gasteiger partial charge on any atom is -0.309 e. The minimum atomic E-state index is -0.563. The van der Waals surface area contributed by atoms with Crippen LogP contribution in [-0.2, 0) is 5.41 Å². The highest BCUT2D eigenvalue weighted by Gasteiger charge is 2.50. The van der Waals surface area contributed by atoms with Crippen molar-refractivity contribution < 1.29 is 0 Å². The SMILES string of the molecule is c1ccc(-c2cc(-c3ccccc3)nc(-c3cccc(-n4c5ccccc5c5c6c(ccc54)C4(c5ccccc5S6)c5ccccc5-n5c6ccccc6c6cccc4c65)c3)n2)cc1. The summed E-state index contributed by atoms with van der Waals surface area (Å²) in [7, 11) is 0. The van der Waals surface area contributed by atoms with Gasteiger partial charge in [-0.15, -0.1) is 0 Å². The van der Waals surface area contributed by atoms with E-state index in [-0.39, 0.29) is 0 Å². The van der Waals surface area contributed by atoms with E-state index in [4.69, 9.17) is 9.97 Å². The molecule has 14 rings (SSSR count). The van der Waals surface area contributed by atoms with Crippen LogP contribution >= 0.6 is 11.8 Å². The van der Waals surface area contributed by atoms with E-state index in [0.29, 0.717) is 5.82 Å². The second kappa shape index (κ2) is 13.5. The molecule has 4 nitrogen and oxygen atoms in total. The van der Waals surface area contributed by atoms with E-state index < -0.39 is 5.41 Å². The maximum absolute atomic E-state index is 5.21. The normalized spacial score (nSPS) is 14.9. The van der Waals surface area contributed by atoms with Crippen molar-refractivity contribution in [1.82, 2.24) is 19.1 Å². The first kappa shape index (κ1) is 35.6. The first-order valence-electron chi connectivity index (χ1n) is 21.8. The Hall–Kier alpha value is -7.99. The second-order valence-electron chi connectivity index (χ2n) is 16.9. The van der Waals surface area contributed by atoms with Gasteiger partial charge in [-0.05, 0) is 70.8 Å². The lowest BCUT2D eigenvalue weighted by Crippen LogP contribution is -2.37. The minimum absolute atomic E-state index is 0.563. The summed E-state index contributed by atoms with van der Waals surface area (Å²) >= 11 is 1.91. The average Bonchev–Trinajstić information content (AvgIpc) is 3.90. The van der Waals surface area contributed by atoms with E-state index in [2.05, 4.69) is 215 Å². The summed E-state index contributed by atoms with van der Waals surface area (Å²) < 4.78 is 4.96. The first-order valence-corrected chi connectivity index (χ1v) is 22.6. The molecule has 1 atom stereocenters. The quantitative estimate of drug-likeness (QED) is 0.177. The molecular formula is C59H36N4S. The predicted octanol–water partition coefficient (Wildman–Crippen LogP) is 14.8. The molecule has 64 heavy (non-hydrogen) atoms. The molecule has 0 radical (unpaired) electrons. The summed E-state index contributed by atoms with van der Waals surface area (Å²) in [4.78, 5) is 13.0. The molecule has 12 aromatic rings. The number of hydrogen-bond donors (Lipinski definition) is 0. The molecule has 3 aromatic heterocycles. The van der Waals surface area contributed by atoms with Gasteiger partial charge in [0, 0.05) is 53.7 Å². The van der Waals surface area contributed by atoms with Crippen molar-refractivity contribution in [1.29, 1.82) is 0 Å². The summed E-state index contributed by atoms with van der Waals surface area (Å²) in [6.45, 7) is 0. The third kappa shape index (κ3) is 4.84. The molecule has 2 aliphatic heterocycles. The van der Waals surface area contributed by atoms with E-state index in [1.807, 2.05) is 23.9 Å². The molecule has 0 amide bonds. The smallest absolute Gasteiger partial charge is 0.160 e. The topological polar surface area (TPSA) is 35.6 Å². The molecule has 1 spiro atoms. The first-order chi connectivity index (χ1) is 31.8. The molecule has 0 saturated carbocycles. The average molecular weight is 833 g/mol. The van der Waals surface area contributed by atoms with E-state index in [9.17, 15) is 0 Å². The Bertz CT molecular complexity index is 3830. The Labute approximate surface area is 373 Å². The van der Waals surface area contributed by atoms with Crippen LogP contribution in [0.1, 0.15) is 22.3 Å². The molecule has 0 bridgehead atoms. The van der Waals surface area contributed by atoms with E-state index >= 15 is 0 Å². The Balaban J connectivity index is 1.03. The predicted molar refractivity (Wildman–Crippen MR) is 263 cm³/mol. The van der Waals surface area contributed by atoms with Gasteiger partial charge in [-0.1, -0.05) is 182 Å². The zero-order valence-electron chi connectivity index (χ0n) is 34.5. The van der Waals surface area contributed by atoms with Gasteiger partial charge in [0.15, 0.2) is 5.82 Å². The number of benzene rings is 9. The molecule has 0 fully saturated rings. The van der Waals surface area contributed by atoms with Crippen molar-refractivity contribution in [3.05, 3.63) is 241 Å². The van der Waals surface area contributed by atoms with Gasteiger partial charge in [0.05, 0.1) is 44.6 Å². The second-order valence-corrected chi connectivity index (χ2v) is 17.9. The van der Waals surface area contributed by atoms with Crippen LogP contribution in [0.2, 0.25) is 0 Å². The molecule has 1 unspecified atom stereocenters. The molecule has 0 N–H and O–H groups in total. The van der Waals surface area contributed by atoms with Crippen LogP contribution in [0.5, 0.6) is 0 Å². The highest BCUT2D eigenvalue weighted by atomic mass is 32.2. The molecule has 0 saturated heterocycles. The molecule has 5 heterocycles. The standard InChI is InChI=1S/C59H36N4S/c1-3-17-37(18-4-1)48-36-49(38-19-5-2-6-20-38)61-58(60-48)39-21-15-22-40(35-39)62-51-30-12-8-24-43(51)55-53(62)34-33-47-57(55)64-54-32-14-10-27-45(54)59(47)44-26-9-13-31-52(44)63-50-29-11-7-23-41(50)42-25-16-28-46(59)56(42)63/h1-36H. The Morgan fingerprint density at radius 1 is 0.391 bits per heavy atom. The highest BCUT2D eigenvalue weighted by Crippen LogP contribution is 2.62. The fourth-order valence-electron chi connectivity index (χ4n) is 11.0. The van der Waals surface area contributed by atoms with Gasteiger partial charge in [-0.3, -0.25) is 0 Å². The summed E-state index contributed by atoms with van der Waals surface area (Å²) in [5, 5.41) is 5.05. The molecule has 298 valence electrons. The van der Waals surface area contributed by atoms with E-state index in [1.165, 1.54) is 75.8 Å². The van der Waals surface area contributed by atoms with Crippen LogP contribution in [0.4, 0.5) is 0 Å². The van der Waals surface area contributed by atoms with Crippen LogP contribution in [-0.4, -0.2) is 19.1 Å². The number of rotatable bonds is 4. The van der Waals surface area contributed by atoms with Gasteiger partial charge in [0.25, 0.3) is 0 Å². The number of nitrogens with zero attached hydrogens (tertiary/aromatic N) is 4. The Kier molecular flexibility index (Phi) is 7.51. The van der Waals surface area contributed by atoms with Crippen LogP contribution in [0, 0.1) is 0 Å². The van der Waals surface area contributed by atoms with E-state index in [1.54, 1.807) is 0 Å². The Morgan fingerprint density at radius 2 is 0.984 bits per heavy atom. The number of para-hydroxylation sites is 4. The fraction of sp³-hybridized carbons (Fsp3) is 0.0169. The number of fused-ring (bicyclic) bond motifs is 15. The third-order valence-corrected chi connectivity index (χ3v) is 14.8. The van der Waals surface area contributed by atoms with E-state index in [0.717, 1.165) is 39.3 Å². The maximum atomic E-state index is 5.21. The zero-order chi connectivity index (χ0) is 41.9. The molecule has 0 aliphatic carbocycles. The van der Waals surface area contributed by atoms with Gasteiger partial charge in [-0.25, -0.2) is 9.97 Å². The Morgan fingerprint density at radius 3 is 1.77 bits per heavy atom. The van der Waals surface area contributed by atoms with Crippen molar-refractivity contribution in [3.63, 3.8) is 0 Å². The lowest BCUT2D eigenvalue weighted by Gasteiger charge is -2.45. The number of aromatic nitrogens is 4. The lowest BCUT2D eigenvalue weighted by atomic mass is 9.62. The van der Waals surface area contributed by atoms with Crippen LogP contribution in [0.15, 0.2) is 228 Å². The number of hydrogen-bond acceptors (Lipinski definition) is 3. The molecule has 5 heteroatoms. The summed E-state index contributed by atoms with van der Waals surface area (Å²) in [5.74, 6) is 0.692. The van der Waals surface area contributed by atoms with Crippen molar-refractivity contribution in [3.8, 4) is 45.3 Å². The van der Waals surface area contributed by atoms with Crippen LogP contribution < -0.4 is 0 Å². The van der Waals surface area contributed by atoms with Crippen LogP contribution in [0.25, 0.3) is 88.9 Å². The third-order valence-electron chi connectivity index (χ3n) is 13.6. The van der Waals surface area contributed by atoms with Gasteiger partial charge in [-0.2, -0.15) is 0 Å². The summed E-state index contributed by atoms with van der Waals surface area (Å²) in [5.41, 5.74) is 16.7. The molecular weight excluding hydrogens is 797 g/mol. The van der Waals surface area contributed by atoms with Crippen LogP contribution in [0.3, 0.4) is 0 Å². The molecule has 2 aliphatic rings. The van der Waals surface area contributed by atoms with Gasteiger partial charge >= 0.3 is 0 Å². The summed E-state index contributed by atoms with van der Waals surface area (Å²) in [6.07, 6.45) is 0. The van der Waals surface area contributed by atoms with Gasteiger partial charge in [0.1, 0.15) is 0 Å². The lowest BCUT2D eigenvalue weighted by molar-refractivity contribution is 0.692. The maximum Gasteiger partial charge on any atom is 0.160 e. The fourth-order valence-corrected chi connectivity index (χ4v) is 12.3. The summed E-state index contributed by atoms with van der Waals surface area (Å²) in [6, 6.07) is 79.4. The van der Waals surface area contributed by atoms with Crippen molar-refractivity contribution in [2.24, 2.45) is 0 Å².